The lowest BCUT2D eigenvalue weighted by molar-refractivity contribution is -0.145. The van der Waals surface area contributed by atoms with Crippen molar-refractivity contribution in [3.63, 3.8) is 0 Å². The van der Waals surface area contributed by atoms with Crippen molar-refractivity contribution in [3.8, 4) is 0 Å². The van der Waals surface area contributed by atoms with Crippen molar-refractivity contribution in [2.45, 2.75) is 101 Å². The molecule has 1 aliphatic heterocycles. The average molecular weight is 600 g/mol. The van der Waals surface area contributed by atoms with Crippen LogP contribution in [0.4, 0.5) is 0 Å². The molecule has 40 heavy (non-hydrogen) atoms. The largest absolute Gasteiger partial charge is 0.351 e. The van der Waals surface area contributed by atoms with Crippen molar-refractivity contribution in [3.05, 3.63) is 12.7 Å². The molecule has 1 saturated heterocycles. The molecule has 1 heterocycles. The Morgan fingerprint density at radius 2 is 1.75 bits per heavy atom. The van der Waals surface area contributed by atoms with Crippen LogP contribution in [0.5, 0.6) is 0 Å². The normalized spacial score (nSPS) is 25.2. The molecule has 0 radical (unpaired) electrons. The quantitative estimate of drug-likeness (QED) is 0.181. The molecule has 0 bridgehead atoms. The molecule has 3 rings (SSSR count). The summed E-state index contributed by atoms with van der Waals surface area (Å²) in [7, 11) is 0. The Morgan fingerprint density at radius 1 is 1.10 bits per heavy atom. The Kier molecular flexibility index (Phi) is 10.7. The van der Waals surface area contributed by atoms with Crippen LogP contribution in [0.1, 0.15) is 79.1 Å². The molecular weight excluding hydrogens is 555 g/mol. The predicted molar refractivity (Wildman–Crippen MR) is 155 cm³/mol. The molecule has 9 nitrogen and oxygen atoms in total. The van der Waals surface area contributed by atoms with E-state index in [4.69, 9.17) is 23.2 Å². The topological polar surface area (TPSA) is 125 Å². The molecule has 0 unspecified atom stereocenters. The molecule has 0 spiro atoms. The zero-order chi connectivity index (χ0) is 29.8. The molecule has 0 aromatic carbocycles. The first-order valence-electron chi connectivity index (χ1n) is 14.4. The zero-order valence-electron chi connectivity index (χ0n) is 24.1. The number of allylic oxidation sites excluding steroid dienone is 1. The third-order valence-electron chi connectivity index (χ3n) is 8.30. The smallest absolute Gasteiger partial charge is 0.289 e. The summed E-state index contributed by atoms with van der Waals surface area (Å²) in [4.78, 5) is 66.5. The first-order valence-corrected chi connectivity index (χ1v) is 15.2. The number of amides is 4. The van der Waals surface area contributed by atoms with Crippen molar-refractivity contribution < 1.29 is 24.0 Å². The summed E-state index contributed by atoms with van der Waals surface area (Å²) in [6.07, 6.45) is 7.49. The van der Waals surface area contributed by atoms with Crippen molar-refractivity contribution >= 4 is 52.6 Å². The van der Waals surface area contributed by atoms with E-state index in [0.29, 0.717) is 6.42 Å². The molecule has 5 atom stereocenters. The lowest BCUT2D eigenvalue weighted by atomic mass is 9.80. The van der Waals surface area contributed by atoms with E-state index in [0.717, 1.165) is 25.7 Å². The highest BCUT2D eigenvalue weighted by molar-refractivity contribution is 6.51. The molecule has 4 amide bonds. The number of hydrogen-bond donors (Lipinski definition) is 3. The van der Waals surface area contributed by atoms with E-state index in [1.165, 1.54) is 6.42 Å². The van der Waals surface area contributed by atoms with Gasteiger partial charge < -0.3 is 20.9 Å². The van der Waals surface area contributed by atoms with E-state index in [1.54, 1.807) is 11.0 Å². The number of carbonyl (C=O) groups is 5. The van der Waals surface area contributed by atoms with E-state index in [-0.39, 0.29) is 55.5 Å². The molecule has 224 valence electrons. The van der Waals surface area contributed by atoms with Gasteiger partial charge in [-0.2, -0.15) is 0 Å². The van der Waals surface area contributed by atoms with Gasteiger partial charge in [0, 0.05) is 42.8 Å². The van der Waals surface area contributed by atoms with Gasteiger partial charge in [-0.15, -0.1) is 29.8 Å². The van der Waals surface area contributed by atoms with Gasteiger partial charge in [-0.05, 0) is 52.4 Å². The van der Waals surface area contributed by atoms with E-state index < -0.39 is 45.5 Å². The van der Waals surface area contributed by atoms with Crippen LogP contribution in [-0.2, 0) is 24.0 Å². The molecule has 3 N–H and O–H groups in total. The Morgan fingerprint density at radius 3 is 2.35 bits per heavy atom. The summed E-state index contributed by atoms with van der Waals surface area (Å²) >= 11 is 12.9. The molecule has 3 aliphatic rings. The second-order valence-electron chi connectivity index (χ2n) is 12.5. The maximum Gasteiger partial charge on any atom is 0.289 e. The van der Waals surface area contributed by atoms with Gasteiger partial charge in [-0.3, -0.25) is 24.0 Å². The van der Waals surface area contributed by atoms with Crippen LogP contribution < -0.4 is 16.0 Å². The SMILES string of the molecule is C=CCC[C@H](NC(=O)[C@@H]1[C@@H]2[C@H](CN1C(=O)[C@@H](C)C1CCCCC1)C2(Cl)Cl)C(=O)C(=O)NCCC(=O)NC(C)(C)C. The number of nitrogens with one attached hydrogen (secondary N) is 3. The number of likely N-dealkylation sites (tertiary alicyclic amines) is 1. The van der Waals surface area contributed by atoms with Gasteiger partial charge in [-0.1, -0.05) is 32.3 Å². The van der Waals surface area contributed by atoms with Crippen LogP contribution in [0.25, 0.3) is 0 Å². The lowest BCUT2D eigenvalue weighted by Crippen LogP contribution is -2.56. The number of carbonyl (C=O) groups excluding carboxylic acids is 5. The van der Waals surface area contributed by atoms with Gasteiger partial charge in [0.2, 0.25) is 23.5 Å². The summed E-state index contributed by atoms with van der Waals surface area (Å²) < 4.78 is -1.11. The molecule has 0 aromatic rings. The minimum absolute atomic E-state index is 0.00882. The number of piperidine rings is 1. The van der Waals surface area contributed by atoms with E-state index in [9.17, 15) is 24.0 Å². The van der Waals surface area contributed by atoms with Crippen LogP contribution in [0.2, 0.25) is 0 Å². The van der Waals surface area contributed by atoms with Crippen molar-refractivity contribution in [2.75, 3.05) is 13.1 Å². The monoisotopic (exact) mass is 598 g/mol. The van der Waals surface area contributed by atoms with Crippen LogP contribution in [-0.4, -0.2) is 69.4 Å². The Bertz CT molecular complexity index is 1000. The maximum atomic E-state index is 13.6. The van der Waals surface area contributed by atoms with Gasteiger partial charge in [0.05, 0.1) is 6.04 Å². The van der Waals surface area contributed by atoms with Gasteiger partial charge >= 0.3 is 0 Å². The summed E-state index contributed by atoms with van der Waals surface area (Å²) in [6.45, 7) is 11.4. The minimum atomic E-state index is -1.13. The Balaban J connectivity index is 1.66. The van der Waals surface area contributed by atoms with Crippen molar-refractivity contribution in [2.24, 2.45) is 23.7 Å². The summed E-state index contributed by atoms with van der Waals surface area (Å²) in [5, 5.41) is 7.98. The first-order chi connectivity index (χ1) is 18.7. The zero-order valence-corrected chi connectivity index (χ0v) is 25.6. The predicted octanol–water partition coefficient (Wildman–Crippen LogP) is 3.27. The summed E-state index contributed by atoms with van der Waals surface area (Å²) in [6, 6.07) is -2.04. The molecule has 2 saturated carbocycles. The molecule has 11 heteroatoms. The highest BCUT2D eigenvalue weighted by atomic mass is 35.5. The van der Waals surface area contributed by atoms with Crippen molar-refractivity contribution in [1.82, 2.24) is 20.9 Å². The lowest BCUT2D eigenvalue weighted by Gasteiger charge is -2.35. The molecule has 2 aliphatic carbocycles. The second kappa shape index (κ2) is 13.2. The van der Waals surface area contributed by atoms with Crippen LogP contribution in [0.3, 0.4) is 0 Å². The highest BCUT2D eigenvalue weighted by Gasteiger charge is 2.74. The fourth-order valence-corrected chi connectivity index (χ4v) is 6.88. The van der Waals surface area contributed by atoms with E-state index in [2.05, 4.69) is 22.5 Å². The van der Waals surface area contributed by atoms with E-state index in [1.807, 2.05) is 27.7 Å². The van der Waals surface area contributed by atoms with Gasteiger partial charge in [-0.25, -0.2) is 0 Å². The number of hydrogen-bond acceptors (Lipinski definition) is 5. The number of fused-ring (bicyclic) bond motifs is 1. The van der Waals surface area contributed by atoms with Crippen molar-refractivity contribution in [1.29, 1.82) is 0 Å². The van der Waals surface area contributed by atoms with Gasteiger partial charge in [0.15, 0.2) is 0 Å². The first kappa shape index (κ1) is 32.4. The fourth-order valence-electron chi connectivity index (χ4n) is 6.06. The summed E-state index contributed by atoms with van der Waals surface area (Å²) in [5.74, 6) is -3.23. The number of alkyl halides is 2. The Labute approximate surface area is 247 Å². The highest BCUT2D eigenvalue weighted by Crippen LogP contribution is 2.65. The number of halogens is 2. The maximum absolute atomic E-state index is 13.6. The Hall–Kier alpha value is -2.13. The summed E-state index contributed by atoms with van der Waals surface area (Å²) in [5.41, 5.74) is -0.412. The number of Topliss-reactive ketones (excluding diaryl/α,β-unsaturated/α-hetero) is 1. The van der Waals surface area contributed by atoms with Crippen LogP contribution in [0, 0.1) is 23.7 Å². The molecule has 0 aromatic heterocycles. The number of rotatable bonds is 12. The molecule has 3 fully saturated rings. The minimum Gasteiger partial charge on any atom is -0.351 e. The van der Waals surface area contributed by atoms with Crippen LogP contribution in [0.15, 0.2) is 12.7 Å². The van der Waals surface area contributed by atoms with Crippen LogP contribution >= 0.6 is 23.2 Å². The average Bonchev–Trinajstić information content (AvgIpc) is 3.22. The third kappa shape index (κ3) is 7.78. The van der Waals surface area contributed by atoms with E-state index >= 15 is 0 Å². The van der Waals surface area contributed by atoms with Gasteiger partial charge in [0.1, 0.15) is 10.4 Å². The molecular formula is C29H44Cl2N4O5. The van der Waals surface area contributed by atoms with Gasteiger partial charge in [0.25, 0.3) is 5.91 Å². The second-order valence-corrected chi connectivity index (χ2v) is 14.0. The fraction of sp³-hybridized carbons (Fsp3) is 0.759. The standard InChI is InChI=1S/C29H44Cl2N4O5/c1-6-7-13-20(24(37)26(39)32-15-14-21(36)34-28(3,4)5)33-25(38)23-22-19(29(22,30)31)16-35(23)27(40)17(2)18-11-9-8-10-12-18/h6,17-20,22-23H,1,7-16H2,2-5H3,(H,32,39)(H,33,38)(H,34,36)/t17-,19-,20-,22-,23-/m0/s1. The number of nitrogens with zero attached hydrogens (tertiary/aromatic N) is 1. The number of ketones is 1. The third-order valence-corrected chi connectivity index (χ3v) is 9.36.